The second-order valence-corrected chi connectivity index (χ2v) is 3.70. The summed E-state index contributed by atoms with van der Waals surface area (Å²) >= 11 is 0. The first kappa shape index (κ1) is 9.84. The summed E-state index contributed by atoms with van der Waals surface area (Å²) in [4.78, 5) is 0. The van der Waals surface area contributed by atoms with E-state index in [9.17, 15) is 0 Å². The number of benzene rings is 1. The third-order valence-electron chi connectivity index (χ3n) is 2.72. The Morgan fingerprint density at radius 1 is 1.06 bits per heavy atom. The molecule has 0 bridgehead atoms. The second-order valence-electron chi connectivity index (χ2n) is 3.70. The average molecular weight is 225 g/mol. The molecule has 0 fully saturated rings. The maximum atomic E-state index is 5.09. The third-order valence-corrected chi connectivity index (χ3v) is 2.72. The third kappa shape index (κ3) is 1.54. The molecular formula is C13H11N3O. The van der Waals surface area contributed by atoms with Gasteiger partial charge in [-0.1, -0.05) is 24.3 Å². The Kier molecular flexibility index (Phi) is 2.26. The van der Waals surface area contributed by atoms with Gasteiger partial charge in [0.05, 0.1) is 12.5 Å². The maximum absolute atomic E-state index is 5.09. The summed E-state index contributed by atoms with van der Waals surface area (Å²) in [5.74, 6) is 0.785. The fourth-order valence-electron chi connectivity index (χ4n) is 1.90. The van der Waals surface area contributed by atoms with E-state index in [0.29, 0.717) is 0 Å². The van der Waals surface area contributed by atoms with E-state index >= 15 is 0 Å². The van der Waals surface area contributed by atoms with Crippen molar-refractivity contribution in [3.63, 3.8) is 0 Å². The Hall–Kier alpha value is -2.36. The van der Waals surface area contributed by atoms with E-state index in [2.05, 4.69) is 15.5 Å². The Morgan fingerprint density at radius 3 is 2.59 bits per heavy atom. The van der Waals surface area contributed by atoms with Gasteiger partial charge < -0.3 is 9.73 Å². The Labute approximate surface area is 98.3 Å². The van der Waals surface area contributed by atoms with Gasteiger partial charge in [-0.2, -0.15) is 0 Å². The van der Waals surface area contributed by atoms with Gasteiger partial charge in [-0.3, -0.25) is 0 Å². The Morgan fingerprint density at radius 2 is 1.88 bits per heavy atom. The summed E-state index contributed by atoms with van der Waals surface area (Å²) in [7, 11) is 1.84. The van der Waals surface area contributed by atoms with Gasteiger partial charge in [0.15, 0.2) is 5.82 Å². The number of rotatable bonds is 2. The molecule has 0 saturated carbocycles. The van der Waals surface area contributed by atoms with Crippen LogP contribution in [0.5, 0.6) is 0 Å². The average Bonchev–Trinajstić information content (AvgIpc) is 2.91. The largest absolute Gasteiger partial charge is 0.472 e. The number of fused-ring (bicyclic) bond motifs is 1. The van der Waals surface area contributed by atoms with Crippen molar-refractivity contribution in [2.75, 3.05) is 12.4 Å². The number of nitrogens with one attached hydrogen (secondary N) is 1. The van der Waals surface area contributed by atoms with Crippen molar-refractivity contribution < 1.29 is 4.42 Å². The number of hydrogen-bond acceptors (Lipinski definition) is 4. The minimum absolute atomic E-state index is 0.785. The number of nitrogens with zero attached hydrogens (tertiary/aromatic N) is 2. The van der Waals surface area contributed by atoms with E-state index in [1.807, 2.05) is 37.4 Å². The Bertz CT molecular complexity index is 647. The molecule has 0 aliphatic heterocycles. The van der Waals surface area contributed by atoms with Crippen LogP contribution >= 0.6 is 0 Å². The highest BCUT2D eigenvalue weighted by molar-refractivity contribution is 5.99. The van der Waals surface area contributed by atoms with Crippen molar-refractivity contribution in [3.05, 3.63) is 42.9 Å². The monoisotopic (exact) mass is 225 g/mol. The minimum Gasteiger partial charge on any atom is -0.472 e. The first-order valence-corrected chi connectivity index (χ1v) is 5.36. The Balaban J connectivity index is 2.34. The summed E-state index contributed by atoms with van der Waals surface area (Å²) in [6.07, 6.45) is 3.31. The molecule has 0 spiro atoms. The molecule has 1 N–H and O–H groups in total. The van der Waals surface area contributed by atoms with E-state index in [0.717, 1.165) is 27.8 Å². The molecule has 2 aromatic heterocycles. The molecule has 4 nitrogen and oxygen atoms in total. The first-order chi connectivity index (χ1) is 8.40. The molecule has 2 heterocycles. The zero-order valence-corrected chi connectivity index (χ0v) is 9.34. The van der Waals surface area contributed by atoms with Gasteiger partial charge in [0.2, 0.25) is 0 Å². The molecule has 0 aliphatic rings. The van der Waals surface area contributed by atoms with Gasteiger partial charge in [-0.05, 0) is 6.07 Å². The van der Waals surface area contributed by atoms with Crippen LogP contribution in [0.25, 0.3) is 22.0 Å². The number of aromatic nitrogens is 2. The van der Waals surface area contributed by atoms with Crippen LogP contribution in [0.4, 0.5) is 5.82 Å². The highest BCUT2D eigenvalue weighted by atomic mass is 16.3. The van der Waals surface area contributed by atoms with Crippen LogP contribution in [0.15, 0.2) is 47.3 Å². The molecule has 0 atom stereocenters. The minimum atomic E-state index is 0.785. The van der Waals surface area contributed by atoms with Crippen LogP contribution in [0, 0.1) is 0 Å². The van der Waals surface area contributed by atoms with E-state index in [1.165, 1.54) is 0 Å². The smallest absolute Gasteiger partial charge is 0.156 e. The summed E-state index contributed by atoms with van der Waals surface area (Å²) in [5.41, 5.74) is 1.78. The van der Waals surface area contributed by atoms with E-state index in [4.69, 9.17) is 4.42 Å². The zero-order chi connectivity index (χ0) is 11.7. The van der Waals surface area contributed by atoms with Crippen LogP contribution in [0.2, 0.25) is 0 Å². The normalized spacial score (nSPS) is 10.6. The van der Waals surface area contributed by atoms with Gasteiger partial charge >= 0.3 is 0 Å². The van der Waals surface area contributed by atoms with Crippen LogP contribution < -0.4 is 5.32 Å². The highest BCUT2D eigenvalue weighted by Crippen LogP contribution is 2.29. The molecule has 4 heteroatoms. The summed E-state index contributed by atoms with van der Waals surface area (Å²) in [5, 5.41) is 13.6. The lowest BCUT2D eigenvalue weighted by Gasteiger charge is -2.06. The van der Waals surface area contributed by atoms with Gasteiger partial charge in [-0.15, -0.1) is 10.2 Å². The first-order valence-electron chi connectivity index (χ1n) is 5.36. The van der Waals surface area contributed by atoms with Crippen LogP contribution in [0.3, 0.4) is 0 Å². The fourth-order valence-corrected chi connectivity index (χ4v) is 1.90. The second kappa shape index (κ2) is 3.90. The molecule has 0 amide bonds. The van der Waals surface area contributed by atoms with Gasteiger partial charge in [0.1, 0.15) is 5.69 Å². The van der Waals surface area contributed by atoms with Gasteiger partial charge in [0.25, 0.3) is 0 Å². The number of hydrogen-bond donors (Lipinski definition) is 1. The topological polar surface area (TPSA) is 51.0 Å². The maximum Gasteiger partial charge on any atom is 0.156 e. The lowest BCUT2D eigenvalue weighted by molar-refractivity contribution is 0.568. The van der Waals surface area contributed by atoms with Gasteiger partial charge in [-0.25, -0.2) is 0 Å². The molecule has 0 unspecified atom stereocenters. The number of furan rings is 1. The van der Waals surface area contributed by atoms with Crippen molar-refractivity contribution in [1.82, 2.24) is 10.2 Å². The standard InChI is InChI=1S/C13H11N3O/c1-14-13-11-5-3-2-4-10(11)12(15-16-13)9-6-7-17-8-9/h2-8H,1H3,(H,14,16). The highest BCUT2D eigenvalue weighted by Gasteiger charge is 2.10. The molecule has 0 aliphatic carbocycles. The van der Waals surface area contributed by atoms with Crippen molar-refractivity contribution in [2.45, 2.75) is 0 Å². The van der Waals surface area contributed by atoms with Gasteiger partial charge in [0, 0.05) is 23.4 Å². The van der Waals surface area contributed by atoms with Crippen LogP contribution in [0.1, 0.15) is 0 Å². The van der Waals surface area contributed by atoms with Crippen molar-refractivity contribution in [2.24, 2.45) is 0 Å². The molecular weight excluding hydrogens is 214 g/mol. The predicted octanol–water partition coefficient (Wildman–Crippen LogP) is 2.93. The quantitative estimate of drug-likeness (QED) is 0.728. The summed E-state index contributed by atoms with van der Waals surface area (Å²) < 4.78 is 5.09. The molecule has 84 valence electrons. The van der Waals surface area contributed by atoms with E-state index in [1.54, 1.807) is 12.5 Å². The molecule has 3 aromatic rings. The summed E-state index contributed by atoms with van der Waals surface area (Å²) in [6, 6.07) is 9.93. The molecule has 0 radical (unpaired) electrons. The van der Waals surface area contributed by atoms with Crippen molar-refractivity contribution in [1.29, 1.82) is 0 Å². The van der Waals surface area contributed by atoms with E-state index < -0.39 is 0 Å². The molecule has 0 saturated heterocycles. The van der Waals surface area contributed by atoms with Crippen molar-refractivity contribution >= 4 is 16.6 Å². The van der Waals surface area contributed by atoms with Crippen molar-refractivity contribution in [3.8, 4) is 11.3 Å². The van der Waals surface area contributed by atoms with Crippen LogP contribution in [-0.4, -0.2) is 17.2 Å². The van der Waals surface area contributed by atoms with E-state index in [-0.39, 0.29) is 0 Å². The number of anilines is 1. The fraction of sp³-hybridized carbons (Fsp3) is 0.0769. The SMILES string of the molecule is CNc1nnc(-c2ccoc2)c2ccccc12. The predicted molar refractivity (Wildman–Crippen MR) is 66.8 cm³/mol. The zero-order valence-electron chi connectivity index (χ0n) is 9.34. The lowest BCUT2D eigenvalue weighted by atomic mass is 10.1. The molecule has 1 aromatic carbocycles. The molecule has 3 rings (SSSR count). The summed E-state index contributed by atoms with van der Waals surface area (Å²) in [6.45, 7) is 0. The molecule has 17 heavy (non-hydrogen) atoms. The van der Waals surface area contributed by atoms with Crippen LogP contribution in [-0.2, 0) is 0 Å². The lowest BCUT2D eigenvalue weighted by Crippen LogP contribution is -1.97.